The van der Waals surface area contributed by atoms with E-state index in [2.05, 4.69) is 9.69 Å². The zero-order chi connectivity index (χ0) is 27.3. The van der Waals surface area contributed by atoms with Gasteiger partial charge in [-0.2, -0.15) is 4.37 Å². The Balaban J connectivity index is 2.22. The lowest BCUT2D eigenvalue weighted by Gasteiger charge is -2.34. The van der Waals surface area contributed by atoms with Crippen LogP contribution in [0.15, 0.2) is 48.5 Å². The van der Waals surface area contributed by atoms with Crippen LogP contribution in [-0.4, -0.2) is 34.2 Å². The average molecular weight is 524 g/mol. The molecular formula is C27H33N5O4S. The van der Waals surface area contributed by atoms with Crippen molar-refractivity contribution in [3.8, 4) is 5.75 Å². The summed E-state index contributed by atoms with van der Waals surface area (Å²) < 4.78 is 9.56. The molecule has 1 atom stereocenters. The molecule has 0 saturated heterocycles. The van der Waals surface area contributed by atoms with E-state index in [4.69, 9.17) is 16.2 Å². The highest BCUT2D eigenvalue weighted by atomic mass is 32.1. The third-order valence-electron chi connectivity index (χ3n) is 6.01. The van der Waals surface area contributed by atoms with Gasteiger partial charge in [-0.1, -0.05) is 31.2 Å². The number of aromatic nitrogens is 1. The molecule has 0 fully saturated rings. The predicted molar refractivity (Wildman–Crippen MR) is 146 cm³/mol. The SMILES string of the molecule is CCOc1ccc([C@@H](C(=O)NC(C)(C)CC)N(C(=O)c2snc(C(N)=O)c2N)c2cccc(C)c2)cc1. The maximum Gasteiger partial charge on any atom is 0.273 e. The van der Waals surface area contributed by atoms with Gasteiger partial charge in [0.25, 0.3) is 11.8 Å². The van der Waals surface area contributed by atoms with Crippen LogP contribution in [0.3, 0.4) is 0 Å². The summed E-state index contributed by atoms with van der Waals surface area (Å²) in [6.45, 7) is 10.1. The highest BCUT2D eigenvalue weighted by Crippen LogP contribution is 2.34. The molecule has 0 aliphatic heterocycles. The number of carbonyl (C=O) groups excluding carboxylic acids is 3. The number of benzene rings is 2. The number of amides is 3. The van der Waals surface area contributed by atoms with E-state index in [0.717, 1.165) is 17.1 Å². The number of nitrogen functional groups attached to an aromatic ring is 1. The molecule has 1 heterocycles. The van der Waals surface area contributed by atoms with Gasteiger partial charge in [0.15, 0.2) is 5.69 Å². The van der Waals surface area contributed by atoms with E-state index in [0.29, 0.717) is 30.0 Å². The van der Waals surface area contributed by atoms with E-state index >= 15 is 0 Å². The van der Waals surface area contributed by atoms with Crippen LogP contribution in [0.25, 0.3) is 0 Å². The molecule has 0 aliphatic rings. The maximum absolute atomic E-state index is 14.1. The summed E-state index contributed by atoms with van der Waals surface area (Å²) in [7, 11) is 0. The van der Waals surface area contributed by atoms with Gasteiger partial charge in [0.2, 0.25) is 5.91 Å². The van der Waals surface area contributed by atoms with Crippen molar-refractivity contribution in [2.24, 2.45) is 5.73 Å². The van der Waals surface area contributed by atoms with E-state index < -0.39 is 23.4 Å². The second-order valence-corrected chi connectivity index (χ2v) is 10.1. The molecule has 0 bridgehead atoms. The Labute approximate surface area is 221 Å². The van der Waals surface area contributed by atoms with Crippen molar-refractivity contribution in [3.63, 3.8) is 0 Å². The molecule has 0 saturated carbocycles. The lowest BCUT2D eigenvalue weighted by atomic mass is 9.97. The van der Waals surface area contributed by atoms with Crippen molar-refractivity contribution in [2.45, 2.75) is 52.6 Å². The van der Waals surface area contributed by atoms with Gasteiger partial charge in [-0.3, -0.25) is 19.3 Å². The Hall–Kier alpha value is -3.92. The summed E-state index contributed by atoms with van der Waals surface area (Å²) in [5.41, 5.74) is 12.6. The molecular weight excluding hydrogens is 490 g/mol. The van der Waals surface area contributed by atoms with Gasteiger partial charge in [-0.15, -0.1) is 0 Å². The fraction of sp³-hybridized carbons (Fsp3) is 0.333. The van der Waals surface area contributed by atoms with Crippen molar-refractivity contribution in [2.75, 3.05) is 17.2 Å². The molecule has 10 heteroatoms. The van der Waals surface area contributed by atoms with Crippen molar-refractivity contribution >= 4 is 40.6 Å². The monoisotopic (exact) mass is 523 g/mol. The van der Waals surface area contributed by atoms with Crippen LogP contribution >= 0.6 is 11.5 Å². The Kier molecular flexibility index (Phi) is 8.54. The predicted octanol–water partition coefficient (Wildman–Crippen LogP) is 4.22. The number of ether oxygens (including phenoxy) is 1. The molecule has 196 valence electrons. The minimum Gasteiger partial charge on any atom is -0.494 e. The number of nitrogens with two attached hydrogens (primary N) is 2. The highest BCUT2D eigenvalue weighted by molar-refractivity contribution is 7.09. The van der Waals surface area contributed by atoms with Crippen molar-refractivity contribution in [3.05, 3.63) is 70.2 Å². The van der Waals surface area contributed by atoms with Crippen LogP contribution in [-0.2, 0) is 4.79 Å². The Morgan fingerprint density at radius 1 is 1.14 bits per heavy atom. The fourth-order valence-electron chi connectivity index (χ4n) is 3.72. The molecule has 0 spiro atoms. The number of aryl methyl sites for hydroxylation is 1. The summed E-state index contributed by atoms with van der Waals surface area (Å²) in [5.74, 6) is -1.13. The number of hydrogen-bond donors (Lipinski definition) is 3. The lowest BCUT2D eigenvalue weighted by molar-refractivity contribution is -0.124. The maximum atomic E-state index is 14.1. The molecule has 0 unspecified atom stereocenters. The van der Waals surface area contributed by atoms with Gasteiger partial charge < -0.3 is 21.5 Å². The topological polar surface area (TPSA) is 141 Å². The summed E-state index contributed by atoms with van der Waals surface area (Å²) >= 11 is 0.772. The second kappa shape index (κ2) is 11.4. The van der Waals surface area contributed by atoms with Crippen molar-refractivity contribution < 1.29 is 19.1 Å². The van der Waals surface area contributed by atoms with Crippen LogP contribution in [0, 0.1) is 6.92 Å². The highest BCUT2D eigenvalue weighted by Gasteiger charge is 2.37. The minimum absolute atomic E-state index is 0.0220. The van der Waals surface area contributed by atoms with E-state index in [9.17, 15) is 14.4 Å². The van der Waals surface area contributed by atoms with Gasteiger partial charge in [0.1, 0.15) is 16.7 Å². The molecule has 3 aromatic rings. The molecule has 0 radical (unpaired) electrons. The molecule has 3 amide bonds. The molecule has 37 heavy (non-hydrogen) atoms. The molecule has 2 aromatic carbocycles. The Morgan fingerprint density at radius 3 is 2.35 bits per heavy atom. The standard InChI is InChI=1S/C27H33N5O4S/c1-6-27(4,5)30-25(34)22(17-11-13-19(14-12-17)36-7-2)32(18-10-8-9-16(3)15-18)26(35)23-20(28)21(24(29)33)31-37-23/h8-15,22H,6-7,28H2,1-5H3,(H2,29,33)(H,30,34)/t22-/m0/s1. The molecule has 3 rings (SSSR count). The first-order valence-electron chi connectivity index (χ1n) is 12.0. The van der Waals surface area contributed by atoms with Crippen LogP contribution < -0.4 is 26.4 Å². The number of rotatable bonds is 10. The van der Waals surface area contributed by atoms with Gasteiger partial charge >= 0.3 is 0 Å². The minimum atomic E-state index is -1.06. The van der Waals surface area contributed by atoms with Gasteiger partial charge in [-0.25, -0.2) is 0 Å². The number of hydrogen-bond acceptors (Lipinski definition) is 7. The van der Waals surface area contributed by atoms with E-state index in [1.165, 1.54) is 4.90 Å². The van der Waals surface area contributed by atoms with Gasteiger partial charge in [-0.05, 0) is 81.0 Å². The fourth-order valence-corrected chi connectivity index (χ4v) is 4.46. The Morgan fingerprint density at radius 2 is 1.81 bits per heavy atom. The summed E-state index contributed by atoms with van der Waals surface area (Å²) in [6, 6.07) is 13.2. The van der Waals surface area contributed by atoms with Gasteiger partial charge in [0.05, 0.1) is 12.3 Å². The molecule has 0 aliphatic carbocycles. The summed E-state index contributed by atoms with van der Waals surface area (Å²) in [6.07, 6.45) is 0.677. The number of nitrogens with one attached hydrogen (secondary N) is 1. The Bertz CT molecular complexity index is 1290. The van der Waals surface area contributed by atoms with Crippen molar-refractivity contribution in [1.29, 1.82) is 0 Å². The second-order valence-electron chi connectivity index (χ2n) is 9.28. The lowest BCUT2D eigenvalue weighted by Crippen LogP contribution is -2.50. The molecule has 5 N–H and O–H groups in total. The first-order chi connectivity index (χ1) is 17.5. The normalized spacial score (nSPS) is 12.0. The van der Waals surface area contributed by atoms with Crippen LogP contribution in [0.2, 0.25) is 0 Å². The number of carbonyl (C=O) groups is 3. The first kappa shape index (κ1) is 27.7. The zero-order valence-corrected chi connectivity index (χ0v) is 22.5. The smallest absolute Gasteiger partial charge is 0.273 e. The quantitative estimate of drug-likeness (QED) is 0.363. The molecule has 9 nitrogen and oxygen atoms in total. The summed E-state index contributed by atoms with van der Waals surface area (Å²) in [4.78, 5) is 41.2. The molecule has 1 aromatic heterocycles. The first-order valence-corrected chi connectivity index (χ1v) is 12.8. The third-order valence-corrected chi connectivity index (χ3v) is 6.86. The number of anilines is 2. The van der Waals surface area contributed by atoms with Crippen LogP contribution in [0.5, 0.6) is 5.75 Å². The van der Waals surface area contributed by atoms with Gasteiger partial charge in [0, 0.05) is 11.2 Å². The number of nitrogens with zero attached hydrogens (tertiary/aromatic N) is 2. The average Bonchev–Trinajstić information content (AvgIpc) is 3.24. The van der Waals surface area contributed by atoms with Crippen LogP contribution in [0.1, 0.15) is 71.4 Å². The largest absolute Gasteiger partial charge is 0.494 e. The van der Waals surface area contributed by atoms with E-state index in [1.54, 1.807) is 36.4 Å². The van der Waals surface area contributed by atoms with E-state index in [-0.39, 0.29) is 22.2 Å². The zero-order valence-electron chi connectivity index (χ0n) is 21.7. The van der Waals surface area contributed by atoms with Crippen molar-refractivity contribution in [1.82, 2.24) is 9.69 Å². The summed E-state index contributed by atoms with van der Waals surface area (Å²) in [5, 5.41) is 3.07. The number of primary amides is 1. The van der Waals surface area contributed by atoms with E-state index in [1.807, 2.05) is 46.8 Å². The van der Waals surface area contributed by atoms with Crippen LogP contribution in [0.4, 0.5) is 11.4 Å². The third kappa shape index (κ3) is 6.26.